The highest BCUT2D eigenvalue weighted by atomic mass is 19.1. The number of ether oxygens (including phenoxy) is 1. The number of hydrogen-bond acceptors (Lipinski definition) is 4. The van der Waals surface area contributed by atoms with Crippen LogP contribution >= 0.6 is 0 Å². The van der Waals surface area contributed by atoms with E-state index in [2.05, 4.69) is 0 Å². The number of carbonyl (C=O) groups excluding carboxylic acids is 1. The van der Waals surface area contributed by atoms with Crippen molar-refractivity contribution < 1.29 is 18.3 Å². The lowest BCUT2D eigenvalue weighted by molar-refractivity contribution is 0.0709. The third-order valence-corrected chi connectivity index (χ3v) is 5.25. The Hall–Kier alpha value is -3.87. The van der Waals surface area contributed by atoms with Crippen LogP contribution in [0, 0.1) is 5.82 Å². The van der Waals surface area contributed by atoms with Gasteiger partial charge in [0.25, 0.3) is 5.91 Å². The average molecular weight is 448 g/mol. The first-order chi connectivity index (χ1) is 16.1. The maximum Gasteiger partial charge on any atom is 0.289 e. The molecule has 0 aliphatic carbocycles. The fourth-order valence-corrected chi connectivity index (χ4v) is 3.65. The van der Waals surface area contributed by atoms with E-state index in [-0.39, 0.29) is 17.5 Å². The Bertz CT molecular complexity index is 1190. The summed E-state index contributed by atoms with van der Waals surface area (Å²) >= 11 is 0. The van der Waals surface area contributed by atoms with Crippen LogP contribution in [0.2, 0.25) is 0 Å². The van der Waals surface area contributed by atoms with E-state index in [1.54, 1.807) is 33.8 Å². The van der Waals surface area contributed by atoms with Crippen molar-refractivity contribution in [3.8, 4) is 17.3 Å². The lowest BCUT2D eigenvalue weighted by Gasteiger charge is -2.22. The van der Waals surface area contributed by atoms with Crippen molar-refractivity contribution >= 4 is 5.91 Å². The second-order valence-electron chi connectivity index (χ2n) is 7.59. The smallest absolute Gasteiger partial charge is 0.289 e. The number of rotatable bonds is 9. The molecule has 2 aromatic heterocycles. The zero-order valence-corrected chi connectivity index (χ0v) is 18.7. The van der Waals surface area contributed by atoms with Crippen LogP contribution < -0.4 is 4.74 Å². The maximum absolute atomic E-state index is 13.6. The Morgan fingerprint density at radius 3 is 2.45 bits per heavy atom. The van der Waals surface area contributed by atoms with Gasteiger partial charge in [0.05, 0.1) is 29.8 Å². The third-order valence-electron chi connectivity index (χ3n) is 5.25. The Morgan fingerprint density at radius 1 is 1.06 bits per heavy atom. The molecule has 0 radical (unpaired) electrons. The zero-order valence-electron chi connectivity index (χ0n) is 18.7. The molecule has 0 bridgehead atoms. The van der Waals surface area contributed by atoms with Crippen LogP contribution in [-0.2, 0) is 13.0 Å². The summed E-state index contributed by atoms with van der Waals surface area (Å²) in [5.74, 6) is 0.912. The highest BCUT2D eigenvalue weighted by Gasteiger charge is 2.26. The number of hydrogen-bond donors (Lipinski definition) is 0. The molecular weight excluding hydrogens is 421 g/mol. The molecule has 0 aliphatic heterocycles. The molecule has 2 aromatic carbocycles. The summed E-state index contributed by atoms with van der Waals surface area (Å²) in [6, 6.07) is 18.8. The van der Waals surface area contributed by atoms with Crippen LogP contribution in [-0.4, -0.2) is 27.1 Å². The minimum absolute atomic E-state index is 0.191. The number of nitrogens with zero attached hydrogens (tertiary/aromatic N) is 3. The third kappa shape index (κ3) is 4.98. The van der Waals surface area contributed by atoms with Crippen LogP contribution in [0.4, 0.5) is 4.39 Å². The quantitative estimate of drug-likeness (QED) is 0.315. The number of furan rings is 1. The van der Waals surface area contributed by atoms with E-state index in [0.29, 0.717) is 36.8 Å². The van der Waals surface area contributed by atoms with Crippen molar-refractivity contribution in [2.45, 2.75) is 33.2 Å². The van der Waals surface area contributed by atoms with Crippen molar-refractivity contribution in [1.29, 1.82) is 0 Å². The maximum atomic E-state index is 13.6. The standard InChI is InChI=1S/C26H26FN3O3/c1-3-16-29(25(31)24-11-8-17-32-24)18-22-23(4-2)28-30(20-14-12-19(27)13-15-20)26(22)33-21-9-6-5-7-10-21/h5-15,17H,3-4,16,18H2,1-2H3. The van der Waals surface area contributed by atoms with Crippen LogP contribution in [0.1, 0.15) is 42.1 Å². The molecule has 0 aliphatic rings. The Kier molecular flexibility index (Phi) is 6.88. The number of amides is 1. The summed E-state index contributed by atoms with van der Waals surface area (Å²) in [4.78, 5) is 14.8. The van der Waals surface area contributed by atoms with E-state index < -0.39 is 0 Å². The van der Waals surface area contributed by atoms with Crippen LogP contribution in [0.15, 0.2) is 77.4 Å². The van der Waals surface area contributed by atoms with Crippen LogP contribution in [0.25, 0.3) is 5.69 Å². The van der Waals surface area contributed by atoms with Crippen molar-refractivity contribution in [1.82, 2.24) is 14.7 Å². The van der Waals surface area contributed by atoms with Crippen molar-refractivity contribution in [2.24, 2.45) is 0 Å². The lowest BCUT2D eigenvalue weighted by Crippen LogP contribution is -2.31. The van der Waals surface area contributed by atoms with Gasteiger partial charge in [-0.2, -0.15) is 5.10 Å². The van der Waals surface area contributed by atoms with Crippen LogP contribution in [0.5, 0.6) is 11.6 Å². The van der Waals surface area contributed by atoms with E-state index in [1.165, 1.54) is 18.4 Å². The van der Waals surface area contributed by atoms with Crippen molar-refractivity contribution in [3.63, 3.8) is 0 Å². The molecule has 0 saturated heterocycles. The number of aryl methyl sites for hydroxylation is 1. The Labute approximate surface area is 192 Å². The summed E-state index contributed by atoms with van der Waals surface area (Å²) < 4.78 is 26.9. The van der Waals surface area contributed by atoms with Gasteiger partial charge in [-0.25, -0.2) is 9.07 Å². The fourth-order valence-electron chi connectivity index (χ4n) is 3.65. The van der Waals surface area contributed by atoms with Gasteiger partial charge >= 0.3 is 0 Å². The number of halogens is 1. The number of aromatic nitrogens is 2. The molecule has 33 heavy (non-hydrogen) atoms. The van der Waals surface area contributed by atoms with Gasteiger partial charge in [-0.3, -0.25) is 4.79 Å². The second kappa shape index (κ2) is 10.2. The highest BCUT2D eigenvalue weighted by molar-refractivity contribution is 5.91. The summed E-state index contributed by atoms with van der Waals surface area (Å²) in [5.41, 5.74) is 2.28. The summed E-state index contributed by atoms with van der Waals surface area (Å²) in [5, 5.41) is 4.77. The van der Waals surface area contributed by atoms with Gasteiger partial charge in [0.15, 0.2) is 5.76 Å². The molecule has 6 nitrogen and oxygen atoms in total. The minimum Gasteiger partial charge on any atom is -0.459 e. The molecule has 4 aromatic rings. The second-order valence-corrected chi connectivity index (χ2v) is 7.59. The Balaban J connectivity index is 1.79. The molecule has 1 amide bonds. The molecule has 0 unspecified atom stereocenters. The molecule has 0 saturated carbocycles. The first-order valence-electron chi connectivity index (χ1n) is 11.0. The van der Waals surface area contributed by atoms with E-state index in [4.69, 9.17) is 14.3 Å². The SMILES string of the molecule is CCCN(Cc1c(CC)nn(-c2ccc(F)cc2)c1Oc1ccccc1)C(=O)c1ccco1. The van der Waals surface area contributed by atoms with Gasteiger partial charge < -0.3 is 14.1 Å². The summed E-state index contributed by atoms with van der Waals surface area (Å²) in [6.07, 6.45) is 2.92. The van der Waals surface area contributed by atoms with Gasteiger partial charge in [-0.15, -0.1) is 0 Å². The molecular formula is C26H26FN3O3. The largest absolute Gasteiger partial charge is 0.459 e. The average Bonchev–Trinajstić information content (AvgIpc) is 3.49. The Morgan fingerprint density at radius 2 is 1.82 bits per heavy atom. The summed E-state index contributed by atoms with van der Waals surface area (Å²) in [7, 11) is 0. The number of carbonyl (C=O) groups is 1. The van der Waals surface area contributed by atoms with E-state index >= 15 is 0 Å². The number of para-hydroxylation sites is 1. The topological polar surface area (TPSA) is 60.5 Å². The first-order valence-corrected chi connectivity index (χ1v) is 11.0. The van der Waals surface area contributed by atoms with Gasteiger partial charge in [0.2, 0.25) is 5.88 Å². The molecule has 0 spiro atoms. The number of benzene rings is 2. The normalized spacial score (nSPS) is 10.9. The van der Waals surface area contributed by atoms with Crippen molar-refractivity contribution in [2.75, 3.05) is 6.54 Å². The summed E-state index contributed by atoms with van der Waals surface area (Å²) in [6.45, 7) is 4.88. The predicted octanol–water partition coefficient (Wildman–Crippen LogP) is 6.01. The van der Waals surface area contributed by atoms with E-state index in [9.17, 15) is 9.18 Å². The van der Waals surface area contributed by atoms with Gasteiger partial charge in [0, 0.05) is 6.54 Å². The van der Waals surface area contributed by atoms with Gasteiger partial charge in [-0.1, -0.05) is 32.0 Å². The molecule has 0 fully saturated rings. The molecule has 7 heteroatoms. The van der Waals surface area contributed by atoms with Crippen LogP contribution in [0.3, 0.4) is 0 Å². The zero-order chi connectivity index (χ0) is 23.2. The molecule has 0 atom stereocenters. The van der Waals surface area contributed by atoms with E-state index in [0.717, 1.165) is 17.7 Å². The molecule has 170 valence electrons. The molecule has 0 N–H and O–H groups in total. The van der Waals surface area contributed by atoms with E-state index in [1.807, 2.05) is 44.2 Å². The monoisotopic (exact) mass is 447 g/mol. The lowest BCUT2D eigenvalue weighted by atomic mass is 10.1. The highest BCUT2D eigenvalue weighted by Crippen LogP contribution is 2.32. The first kappa shape index (κ1) is 22.3. The van der Waals surface area contributed by atoms with Gasteiger partial charge in [0.1, 0.15) is 11.6 Å². The van der Waals surface area contributed by atoms with Gasteiger partial charge in [-0.05, 0) is 61.4 Å². The predicted molar refractivity (Wildman–Crippen MR) is 123 cm³/mol. The van der Waals surface area contributed by atoms with Crippen molar-refractivity contribution in [3.05, 3.63) is 95.8 Å². The fraction of sp³-hybridized carbons (Fsp3) is 0.231. The minimum atomic E-state index is -0.328. The molecule has 4 rings (SSSR count). The molecule has 2 heterocycles.